The first-order chi connectivity index (χ1) is 7.78. The molecule has 0 aromatic carbocycles. The van der Waals surface area contributed by atoms with E-state index in [0.29, 0.717) is 0 Å². The average molecular weight is 226 g/mol. The largest absolute Gasteiger partial charge is 0.383 e. The Bertz CT molecular complexity index is 196. The third kappa shape index (κ3) is 3.44. The minimum absolute atomic E-state index is 0.774. The van der Waals surface area contributed by atoms with Crippen LogP contribution in [0.25, 0.3) is 0 Å². The molecule has 16 heavy (non-hydrogen) atoms. The molecule has 0 bridgehead atoms. The van der Waals surface area contributed by atoms with Crippen LogP contribution in [0.2, 0.25) is 0 Å². The van der Waals surface area contributed by atoms with E-state index in [4.69, 9.17) is 4.74 Å². The van der Waals surface area contributed by atoms with Gasteiger partial charge in [-0.15, -0.1) is 0 Å². The fourth-order valence-corrected chi connectivity index (χ4v) is 2.92. The van der Waals surface area contributed by atoms with Crippen LogP contribution in [0, 0.1) is 5.92 Å². The highest BCUT2D eigenvalue weighted by Gasteiger charge is 2.28. The Hall–Kier alpha value is -0.120. The molecular formula is C13H26N2O. The van der Waals surface area contributed by atoms with E-state index in [-0.39, 0.29) is 0 Å². The Morgan fingerprint density at radius 2 is 1.88 bits per heavy atom. The van der Waals surface area contributed by atoms with Gasteiger partial charge in [-0.1, -0.05) is 6.92 Å². The van der Waals surface area contributed by atoms with Gasteiger partial charge in [0.2, 0.25) is 0 Å². The van der Waals surface area contributed by atoms with E-state index in [0.717, 1.165) is 31.2 Å². The van der Waals surface area contributed by atoms with Crippen LogP contribution in [0.3, 0.4) is 0 Å². The summed E-state index contributed by atoms with van der Waals surface area (Å²) >= 11 is 0. The lowest BCUT2D eigenvalue weighted by atomic mass is 9.81. The van der Waals surface area contributed by atoms with Gasteiger partial charge in [0.05, 0.1) is 6.61 Å². The second-order valence-electron chi connectivity index (χ2n) is 5.55. The molecule has 0 aromatic rings. The normalized spacial score (nSPS) is 32.6. The fourth-order valence-electron chi connectivity index (χ4n) is 2.92. The number of ether oxygens (including phenoxy) is 1. The Morgan fingerprint density at radius 3 is 2.44 bits per heavy atom. The highest BCUT2D eigenvalue weighted by Crippen LogP contribution is 2.27. The Balaban J connectivity index is 1.58. The molecule has 0 aromatic heterocycles. The molecule has 3 nitrogen and oxygen atoms in total. The standard InChI is InChI=1S/C13H26N2O/c1-11-9-13(10-11)14-12-3-5-15(6-4-12)7-8-16-2/h11-14H,3-10H2,1-2H3. The van der Waals surface area contributed by atoms with Gasteiger partial charge < -0.3 is 15.0 Å². The van der Waals surface area contributed by atoms with Gasteiger partial charge in [-0.2, -0.15) is 0 Å². The van der Waals surface area contributed by atoms with Crippen molar-refractivity contribution in [2.24, 2.45) is 5.92 Å². The molecule has 1 saturated heterocycles. The van der Waals surface area contributed by atoms with E-state index in [1.807, 2.05) is 0 Å². The molecule has 3 heteroatoms. The van der Waals surface area contributed by atoms with Crippen LogP contribution < -0.4 is 5.32 Å². The van der Waals surface area contributed by atoms with E-state index >= 15 is 0 Å². The molecule has 1 saturated carbocycles. The molecule has 0 unspecified atom stereocenters. The highest BCUT2D eigenvalue weighted by atomic mass is 16.5. The zero-order chi connectivity index (χ0) is 11.4. The predicted molar refractivity (Wildman–Crippen MR) is 66.7 cm³/mol. The van der Waals surface area contributed by atoms with Crippen molar-refractivity contribution in [1.29, 1.82) is 0 Å². The van der Waals surface area contributed by atoms with Crippen molar-refractivity contribution in [2.45, 2.75) is 44.7 Å². The number of hydrogen-bond acceptors (Lipinski definition) is 3. The maximum Gasteiger partial charge on any atom is 0.0589 e. The monoisotopic (exact) mass is 226 g/mol. The molecule has 2 aliphatic rings. The second-order valence-corrected chi connectivity index (χ2v) is 5.55. The third-order valence-electron chi connectivity index (χ3n) is 4.04. The summed E-state index contributed by atoms with van der Waals surface area (Å²) in [6, 6.07) is 1.60. The first kappa shape index (κ1) is 12.3. The number of methoxy groups -OCH3 is 1. The summed E-state index contributed by atoms with van der Waals surface area (Å²) in [4.78, 5) is 2.52. The summed E-state index contributed by atoms with van der Waals surface area (Å²) < 4.78 is 5.12. The molecule has 0 spiro atoms. The summed E-state index contributed by atoms with van der Waals surface area (Å²) in [5, 5.41) is 3.80. The lowest BCUT2D eigenvalue weighted by molar-refractivity contribution is 0.117. The van der Waals surface area contributed by atoms with Crippen LogP contribution in [0.5, 0.6) is 0 Å². The van der Waals surface area contributed by atoms with Crippen LogP contribution >= 0.6 is 0 Å². The van der Waals surface area contributed by atoms with E-state index < -0.39 is 0 Å². The molecule has 0 atom stereocenters. The average Bonchev–Trinajstić information content (AvgIpc) is 2.26. The van der Waals surface area contributed by atoms with Gasteiger partial charge in [0.25, 0.3) is 0 Å². The fraction of sp³-hybridized carbons (Fsp3) is 1.00. The van der Waals surface area contributed by atoms with E-state index in [1.165, 1.54) is 38.8 Å². The number of rotatable bonds is 5. The predicted octanol–water partition coefficient (Wildman–Crippen LogP) is 1.49. The van der Waals surface area contributed by atoms with Crippen LogP contribution in [0.1, 0.15) is 32.6 Å². The van der Waals surface area contributed by atoms with Crippen molar-refractivity contribution in [3.05, 3.63) is 0 Å². The van der Waals surface area contributed by atoms with Crippen molar-refractivity contribution in [3.63, 3.8) is 0 Å². The lowest BCUT2D eigenvalue weighted by Crippen LogP contribution is -2.50. The summed E-state index contributed by atoms with van der Waals surface area (Å²) in [6.45, 7) is 6.81. The number of hydrogen-bond donors (Lipinski definition) is 1. The van der Waals surface area contributed by atoms with Crippen LogP contribution in [-0.2, 0) is 4.74 Å². The van der Waals surface area contributed by atoms with Gasteiger partial charge in [0, 0.05) is 25.7 Å². The van der Waals surface area contributed by atoms with Gasteiger partial charge in [-0.05, 0) is 44.7 Å². The maximum absolute atomic E-state index is 5.12. The minimum atomic E-state index is 0.774. The van der Waals surface area contributed by atoms with Crippen LogP contribution in [0.4, 0.5) is 0 Å². The Labute approximate surface area is 99.5 Å². The van der Waals surface area contributed by atoms with Gasteiger partial charge in [0.1, 0.15) is 0 Å². The summed E-state index contributed by atoms with van der Waals surface area (Å²) in [6.07, 6.45) is 5.41. The molecule has 0 amide bonds. The lowest BCUT2D eigenvalue weighted by Gasteiger charge is -2.39. The molecule has 0 radical (unpaired) electrons. The molecule has 2 rings (SSSR count). The number of nitrogens with zero attached hydrogens (tertiary/aromatic N) is 1. The Morgan fingerprint density at radius 1 is 1.19 bits per heavy atom. The molecular weight excluding hydrogens is 200 g/mol. The first-order valence-electron chi connectivity index (χ1n) is 6.75. The van der Waals surface area contributed by atoms with Gasteiger partial charge in [0.15, 0.2) is 0 Å². The van der Waals surface area contributed by atoms with Gasteiger partial charge in [-0.25, -0.2) is 0 Å². The van der Waals surface area contributed by atoms with Crippen LogP contribution in [0.15, 0.2) is 0 Å². The van der Waals surface area contributed by atoms with Gasteiger partial charge >= 0.3 is 0 Å². The summed E-state index contributed by atoms with van der Waals surface area (Å²) in [5.41, 5.74) is 0. The number of likely N-dealkylation sites (tertiary alicyclic amines) is 1. The van der Waals surface area contributed by atoms with E-state index in [1.54, 1.807) is 7.11 Å². The topological polar surface area (TPSA) is 24.5 Å². The SMILES string of the molecule is COCCN1CCC(NC2CC(C)C2)CC1. The van der Waals surface area contributed by atoms with E-state index in [2.05, 4.69) is 17.1 Å². The van der Waals surface area contributed by atoms with Gasteiger partial charge in [-0.3, -0.25) is 0 Å². The molecule has 1 heterocycles. The number of nitrogens with one attached hydrogen (secondary N) is 1. The number of piperidine rings is 1. The molecule has 94 valence electrons. The zero-order valence-corrected chi connectivity index (χ0v) is 10.7. The maximum atomic E-state index is 5.12. The summed E-state index contributed by atoms with van der Waals surface area (Å²) in [5.74, 6) is 0.958. The summed E-state index contributed by atoms with van der Waals surface area (Å²) in [7, 11) is 1.78. The zero-order valence-electron chi connectivity index (χ0n) is 10.7. The van der Waals surface area contributed by atoms with Crippen LogP contribution in [-0.4, -0.2) is 50.3 Å². The van der Waals surface area contributed by atoms with Crippen molar-refractivity contribution in [1.82, 2.24) is 10.2 Å². The molecule has 1 aliphatic heterocycles. The van der Waals surface area contributed by atoms with Crippen molar-refractivity contribution in [3.8, 4) is 0 Å². The third-order valence-corrected chi connectivity index (χ3v) is 4.04. The second kappa shape index (κ2) is 5.99. The van der Waals surface area contributed by atoms with Crippen molar-refractivity contribution >= 4 is 0 Å². The highest BCUT2D eigenvalue weighted by molar-refractivity contribution is 4.87. The van der Waals surface area contributed by atoms with Crippen molar-refractivity contribution < 1.29 is 4.74 Å². The molecule has 1 aliphatic carbocycles. The smallest absolute Gasteiger partial charge is 0.0589 e. The first-order valence-corrected chi connectivity index (χ1v) is 6.75. The van der Waals surface area contributed by atoms with E-state index in [9.17, 15) is 0 Å². The quantitative estimate of drug-likeness (QED) is 0.768. The minimum Gasteiger partial charge on any atom is -0.383 e. The molecule has 2 fully saturated rings. The molecule has 1 N–H and O–H groups in total. The van der Waals surface area contributed by atoms with Crippen molar-refractivity contribution in [2.75, 3.05) is 33.4 Å². The Kier molecular flexibility index (Phi) is 4.62.